The van der Waals surface area contributed by atoms with Crippen LogP contribution in [0.15, 0.2) is 46.9 Å². The number of benzene rings is 2. The summed E-state index contributed by atoms with van der Waals surface area (Å²) in [6.45, 7) is 3.03. The minimum absolute atomic E-state index is 0.0316. The Morgan fingerprint density at radius 2 is 1.89 bits per heavy atom. The van der Waals surface area contributed by atoms with E-state index in [-0.39, 0.29) is 11.9 Å². The molecule has 1 unspecified atom stereocenters. The maximum Gasteiger partial charge on any atom is 0.234 e. The van der Waals surface area contributed by atoms with Gasteiger partial charge in [0, 0.05) is 22.6 Å². The lowest BCUT2D eigenvalue weighted by Gasteiger charge is -2.24. The lowest BCUT2D eigenvalue weighted by molar-refractivity contribution is -0.123. The summed E-state index contributed by atoms with van der Waals surface area (Å²) in [5.74, 6) is 1.64. The van der Waals surface area contributed by atoms with E-state index in [1.165, 1.54) is 0 Å². The minimum atomic E-state index is -0.0343. The summed E-state index contributed by atoms with van der Waals surface area (Å²) in [5, 5.41) is 3.11. The molecule has 150 valence electrons. The molecule has 0 aromatic heterocycles. The highest BCUT2D eigenvalue weighted by atomic mass is 79.9. The van der Waals surface area contributed by atoms with Gasteiger partial charge in [-0.1, -0.05) is 28.1 Å². The average Bonchev–Trinajstić information content (AvgIpc) is 3.53. The molecule has 6 heteroatoms. The zero-order chi connectivity index (χ0) is 20.1. The number of nitrogens with one attached hydrogen (secondary N) is 1. The topological polar surface area (TPSA) is 50.8 Å². The van der Waals surface area contributed by atoms with Crippen molar-refractivity contribution in [3.63, 3.8) is 0 Å². The number of carbonyl (C=O) groups is 1. The number of ether oxygens (including phenoxy) is 2. The smallest absolute Gasteiger partial charge is 0.234 e. The van der Waals surface area contributed by atoms with Gasteiger partial charge in [-0.3, -0.25) is 9.69 Å². The van der Waals surface area contributed by atoms with Gasteiger partial charge in [0.15, 0.2) is 0 Å². The molecule has 28 heavy (non-hydrogen) atoms. The third kappa shape index (κ3) is 5.49. The molecule has 0 aliphatic heterocycles. The van der Waals surface area contributed by atoms with Crippen molar-refractivity contribution >= 4 is 21.8 Å². The summed E-state index contributed by atoms with van der Waals surface area (Å²) in [4.78, 5) is 14.9. The van der Waals surface area contributed by atoms with Gasteiger partial charge in [0.25, 0.3) is 0 Å². The number of carbonyl (C=O) groups excluding carboxylic acids is 1. The molecule has 0 bridgehead atoms. The highest BCUT2D eigenvalue weighted by Gasteiger charge is 2.31. The first-order valence-corrected chi connectivity index (χ1v) is 10.3. The Bertz CT molecular complexity index is 806. The second-order valence-electron chi connectivity index (χ2n) is 7.15. The summed E-state index contributed by atoms with van der Waals surface area (Å²) in [7, 11) is 3.32. The van der Waals surface area contributed by atoms with Crippen LogP contribution in [0.4, 0.5) is 0 Å². The predicted octanol–water partition coefficient (Wildman–Crippen LogP) is 4.31. The average molecular weight is 447 g/mol. The van der Waals surface area contributed by atoms with E-state index in [1.807, 2.05) is 49.4 Å². The highest BCUT2D eigenvalue weighted by molar-refractivity contribution is 9.10. The van der Waals surface area contributed by atoms with Crippen molar-refractivity contribution in [2.45, 2.75) is 38.4 Å². The van der Waals surface area contributed by atoms with Crippen LogP contribution in [0.25, 0.3) is 0 Å². The number of hydrogen-bond acceptors (Lipinski definition) is 4. The van der Waals surface area contributed by atoms with Crippen LogP contribution in [-0.2, 0) is 11.3 Å². The second kappa shape index (κ2) is 9.43. The monoisotopic (exact) mass is 446 g/mol. The fourth-order valence-electron chi connectivity index (χ4n) is 3.28. The third-order valence-electron chi connectivity index (χ3n) is 5.02. The molecule has 2 aromatic carbocycles. The van der Waals surface area contributed by atoms with Crippen molar-refractivity contribution in [2.75, 3.05) is 20.8 Å². The van der Waals surface area contributed by atoms with Crippen LogP contribution in [0.1, 0.15) is 36.9 Å². The normalized spacial score (nSPS) is 14.6. The van der Waals surface area contributed by atoms with Crippen LogP contribution < -0.4 is 14.8 Å². The maximum atomic E-state index is 12.7. The molecule has 2 aromatic rings. The second-order valence-corrected chi connectivity index (χ2v) is 8.07. The van der Waals surface area contributed by atoms with E-state index < -0.39 is 0 Å². The van der Waals surface area contributed by atoms with E-state index in [9.17, 15) is 4.79 Å². The molecule has 3 rings (SSSR count). The van der Waals surface area contributed by atoms with Gasteiger partial charge in [-0.2, -0.15) is 0 Å². The number of methoxy groups -OCH3 is 2. The molecule has 0 saturated heterocycles. The summed E-state index contributed by atoms with van der Waals surface area (Å²) < 4.78 is 11.9. The minimum Gasteiger partial charge on any atom is -0.497 e. The third-order valence-corrected chi connectivity index (χ3v) is 5.55. The van der Waals surface area contributed by atoms with Crippen LogP contribution in [-0.4, -0.2) is 37.6 Å². The molecule has 1 N–H and O–H groups in total. The fraction of sp³-hybridized carbons (Fsp3) is 0.409. The van der Waals surface area contributed by atoms with Crippen molar-refractivity contribution in [2.24, 2.45) is 0 Å². The lowest BCUT2D eigenvalue weighted by Crippen LogP contribution is -2.39. The van der Waals surface area contributed by atoms with E-state index in [4.69, 9.17) is 9.47 Å². The first-order chi connectivity index (χ1) is 13.5. The maximum absolute atomic E-state index is 12.7. The summed E-state index contributed by atoms with van der Waals surface area (Å²) in [5.41, 5.74) is 2.12. The van der Waals surface area contributed by atoms with Gasteiger partial charge in [-0.15, -0.1) is 0 Å². The van der Waals surface area contributed by atoms with Gasteiger partial charge < -0.3 is 14.8 Å². The highest BCUT2D eigenvalue weighted by Crippen LogP contribution is 2.31. The number of rotatable bonds is 9. The Balaban J connectivity index is 1.65. The van der Waals surface area contributed by atoms with Crippen LogP contribution >= 0.6 is 15.9 Å². The SMILES string of the molecule is COc1ccc(OC)c(CN(CC(=O)NC(C)c2ccc(Br)cc2)C2CC2)c1. The summed E-state index contributed by atoms with van der Waals surface area (Å²) in [6, 6.07) is 14.2. The van der Waals surface area contributed by atoms with Crippen molar-refractivity contribution in [3.8, 4) is 11.5 Å². The van der Waals surface area contributed by atoms with Gasteiger partial charge in [0.1, 0.15) is 11.5 Å². The van der Waals surface area contributed by atoms with Crippen LogP contribution in [0.2, 0.25) is 0 Å². The molecule has 1 amide bonds. The van der Waals surface area contributed by atoms with Gasteiger partial charge in [0.2, 0.25) is 5.91 Å². The van der Waals surface area contributed by atoms with Crippen molar-refractivity contribution in [1.82, 2.24) is 10.2 Å². The number of hydrogen-bond donors (Lipinski definition) is 1. The number of amides is 1. The van der Waals surface area contributed by atoms with Gasteiger partial charge in [0.05, 0.1) is 26.8 Å². The Kier molecular flexibility index (Phi) is 6.97. The van der Waals surface area contributed by atoms with Crippen LogP contribution in [0, 0.1) is 0 Å². The molecule has 1 aliphatic rings. The molecule has 1 aliphatic carbocycles. The Labute approximate surface area is 175 Å². The van der Waals surface area contributed by atoms with E-state index >= 15 is 0 Å². The molecule has 1 atom stereocenters. The summed E-state index contributed by atoms with van der Waals surface area (Å²) in [6.07, 6.45) is 2.25. The Morgan fingerprint density at radius 3 is 2.50 bits per heavy atom. The standard InChI is InChI=1S/C22H27BrN2O3/c1-15(16-4-6-18(23)7-5-16)24-22(26)14-25(19-8-9-19)13-17-12-20(27-2)10-11-21(17)28-3/h4-7,10-12,15,19H,8-9,13-14H2,1-3H3,(H,24,26). The van der Waals surface area contributed by atoms with E-state index in [2.05, 4.69) is 26.1 Å². The Hall–Kier alpha value is -2.05. The van der Waals surface area contributed by atoms with Gasteiger partial charge >= 0.3 is 0 Å². The van der Waals surface area contributed by atoms with E-state index in [0.717, 1.165) is 39.9 Å². The first-order valence-electron chi connectivity index (χ1n) is 9.50. The zero-order valence-electron chi connectivity index (χ0n) is 16.6. The molecule has 1 saturated carbocycles. The predicted molar refractivity (Wildman–Crippen MR) is 114 cm³/mol. The molecule has 5 nitrogen and oxygen atoms in total. The number of nitrogens with zero attached hydrogens (tertiary/aromatic N) is 1. The van der Waals surface area contributed by atoms with Crippen molar-refractivity contribution < 1.29 is 14.3 Å². The molecular weight excluding hydrogens is 420 g/mol. The van der Waals surface area contributed by atoms with E-state index in [0.29, 0.717) is 19.1 Å². The molecule has 0 radical (unpaired) electrons. The van der Waals surface area contributed by atoms with Gasteiger partial charge in [-0.25, -0.2) is 0 Å². The molecule has 0 heterocycles. The van der Waals surface area contributed by atoms with Crippen molar-refractivity contribution in [3.05, 3.63) is 58.1 Å². The quantitative estimate of drug-likeness (QED) is 0.623. The van der Waals surface area contributed by atoms with Crippen LogP contribution in [0.3, 0.4) is 0 Å². The van der Waals surface area contributed by atoms with Crippen LogP contribution in [0.5, 0.6) is 11.5 Å². The molecular formula is C22H27BrN2O3. The fourth-order valence-corrected chi connectivity index (χ4v) is 3.55. The van der Waals surface area contributed by atoms with E-state index in [1.54, 1.807) is 14.2 Å². The number of halogens is 1. The molecule has 0 spiro atoms. The lowest BCUT2D eigenvalue weighted by atomic mass is 10.1. The van der Waals surface area contributed by atoms with Gasteiger partial charge in [-0.05, 0) is 55.7 Å². The van der Waals surface area contributed by atoms with Crippen molar-refractivity contribution in [1.29, 1.82) is 0 Å². The zero-order valence-corrected chi connectivity index (χ0v) is 18.2. The first kappa shape index (κ1) is 20.7. The largest absolute Gasteiger partial charge is 0.497 e. The Morgan fingerprint density at radius 1 is 1.18 bits per heavy atom. The summed E-state index contributed by atoms with van der Waals surface area (Å²) >= 11 is 3.44. The molecule has 1 fully saturated rings.